The van der Waals surface area contributed by atoms with Crippen molar-refractivity contribution in [3.8, 4) is 17.2 Å². The fraction of sp³-hybridized carbons (Fsp3) is 0.257. The molecule has 0 bridgehead atoms. The molecule has 256 valence electrons. The number of thiazole rings is 1. The summed E-state index contributed by atoms with van der Waals surface area (Å²) >= 11 is 5.56. The average molecular weight is 913 g/mol. The van der Waals surface area contributed by atoms with Crippen LogP contribution in [0.1, 0.15) is 43.5 Å². The topological polar surface area (TPSA) is 115 Å². The van der Waals surface area contributed by atoms with Crippen LogP contribution in [-0.2, 0) is 25.7 Å². The van der Waals surface area contributed by atoms with Gasteiger partial charge in [0.15, 0.2) is 22.9 Å². The number of carbonyl (C=O) groups is 2. The summed E-state index contributed by atoms with van der Waals surface area (Å²) in [6.07, 6.45) is 1.78. The largest absolute Gasteiger partial charge is 0.490 e. The Balaban J connectivity index is 1.57. The lowest BCUT2D eigenvalue weighted by Gasteiger charge is -2.25. The Hall–Kier alpha value is -3.77. The van der Waals surface area contributed by atoms with Gasteiger partial charge in [-0.25, -0.2) is 19.0 Å². The zero-order chi connectivity index (χ0) is 35.2. The molecule has 10 nitrogen and oxygen atoms in total. The highest BCUT2D eigenvalue weighted by molar-refractivity contribution is 14.1. The number of rotatable bonds is 12. The van der Waals surface area contributed by atoms with Crippen LogP contribution in [0.25, 0.3) is 6.08 Å². The van der Waals surface area contributed by atoms with E-state index in [0.717, 1.165) is 12.7 Å². The van der Waals surface area contributed by atoms with E-state index >= 15 is 0 Å². The Bertz CT molecular complexity index is 2110. The van der Waals surface area contributed by atoms with Gasteiger partial charge in [-0.3, -0.25) is 9.36 Å². The van der Waals surface area contributed by atoms with Crippen LogP contribution >= 0.6 is 56.5 Å². The molecule has 3 aromatic carbocycles. The van der Waals surface area contributed by atoms with Crippen molar-refractivity contribution >= 4 is 74.5 Å². The van der Waals surface area contributed by atoms with Crippen molar-refractivity contribution in [1.29, 1.82) is 0 Å². The minimum atomic E-state index is -0.884. The average Bonchev–Trinajstić information content (AvgIpc) is 3.36. The molecule has 0 spiro atoms. The Morgan fingerprint density at radius 3 is 2.43 bits per heavy atom. The molecule has 0 radical (unpaired) electrons. The van der Waals surface area contributed by atoms with Gasteiger partial charge in [0.05, 0.1) is 49.3 Å². The minimum Gasteiger partial charge on any atom is -0.490 e. The van der Waals surface area contributed by atoms with Gasteiger partial charge in [0.2, 0.25) is 0 Å². The number of carbonyl (C=O) groups excluding carboxylic acids is 2. The molecule has 1 aromatic heterocycles. The molecule has 1 aliphatic heterocycles. The van der Waals surface area contributed by atoms with Crippen LogP contribution in [-0.4, -0.2) is 43.4 Å². The lowest BCUT2D eigenvalue weighted by molar-refractivity contribution is -0.143. The van der Waals surface area contributed by atoms with Gasteiger partial charge >= 0.3 is 11.9 Å². The molecule has 14 heteroatoms. The molecule has 0 N–H and O–H groups in total. The zero-order valence-corrected chi connectivity index (χ0v) is 32.0. The summed E-state index contributed by atoms with van der Waals surface area (Å²) in [4.78, 5) is 44.3. The first-order valence-corrected chi connectivity index (χ1v) is 18.0. The van der Waals surface area contributed by atoms with E-state index in [0.29, 0.717) is 50.0 Å². The van der Waals surface area contributed by atoms with Crippen molar-refractivity contribution in [3.05, 3.63) is 115 Å². The maximum absolute atomic E-state index is 14.2. The number of halogens is 3. The van der Waals surface area contributed by atoms with E-state index in [2.05, 4.69) is 54.9 Å². The summed E-state index contributed by atoms with van der Waals surface area (Å²) in [5.74, 6) is -0.197. The Morgan fingerprint density at radius 1 is 1.00 bits per heavy atom. The van der Waals surface area contributed by atoms with Crippen LogP contribution in [0.2, 0.25) is 0 Å². The molecule has 0 fully saturated rings. The van der Waals surface area contributed by atoms with Crippen LogP contribution in [0, 0.1) is 13.0 Å². The van der Waals surface area contributed by atoms with Gasteiger partial charge in [0.25, 0.3) is 5.56 Å². The van der Waals surface area contributed by atoms with Gasteiger partial charge in [-0.2, -0.15) is 0 Å². The highest BCUT2D eigenvalue weighted by atomic mass is 127. The van der Waals surface area contributed by atoms with E-state index in [4.69, 9.17) is 18.9 Å². The third-order valence-electron chi connectivity index (χ3n) is 7.26. The standard InChI is InChI=1S/C35H31FI2N2O8S/c1-5-45-27-16-22(10-11-26(27)47-18-29(41)44-4)31-30(34(43)46-6-2)19(3)39-35-40(31)33(42)28(49-35)15-21-13-24(37)32(25(38)14-21)48-17-20-8-7-9-23(36)12-20/h7-16,31H,5-6,17-18H2,1-4H3/b28-15-/t31-/m0/s1. The highest BCUT2D eigenvalue weighted by Gasteiger charge is 2.34. The number of methoxy groups -OCH3 is 1. The number of hydrogen-bond acceptors (Lipinski definition) is 10. The lowest BCUT2D eigenvalue weighted by Crippen LogP contribution is -2.40. The predicted octanol–water partition coefficient (Wildman–Crippen LogP) is 5.68. The predicted molar refractivity (Wildman–Crippen MR) is 198 cm³/mol. The van der Waals surface area contributed by atoms with Crippen molar-refractivity contribution in [1.82, 2.24) is 4.57 Å². The molecule has 0 saturated carbocycles. The second kappa shape index (κ2) is 16.3. The van der Waals surface area contributed by atoms with E-state index in [-0.39, 0.29) is 36.8 Å². The quantitative estimate of drug-likeness (QED) is 0.132. The highest BCUT2D eigenvalue weighted by Crippen LogP contribution is 2.36. The number of aromatic nitrogens is 1. The first-order valence-electron chi connectivity index (χ1n) is 15.1. The molecule has 5 rings (SSSR count). The third-order valence-corrected chi connectivity index (χ3v) is 9.85. The number of allylic oxidation sites excluding steroid dienone is 1. The second-order valence-electron chi connectivity index (χ2n) is 10.5. The van der Waals surface area contributed by atoms with Crippen LogP contribution in [0.15, 0.2) is 75.7 Å². The first kappa shape index (κ1) is 36.5. The van der Waals surface area contributed by atoms with Crippen molar-refractivity contribution in [2.45, 2.75) is 33.4 Å². The normalized spacial score (nSPS) is 14.2. The molecule has 4 aromatic rings. The van der Waals surface area contributed by atoms with Gasteiger partial charge < -0.3 is 23.7 Å². The smallest absolute Gasteiger partial charge is 0.343 e. The zero-order valence-electron chi connectivity index (χ0n) is 26.9. The van der Waals surface area contributed by atoms with E-state index in [1.807, 2.05) is 12.1 Å². The van der Waals surface area contributed by atoms with Crippen molar-refractivity contribution in [2.24, 2.45) is 4.99 Å². The lowest BCUT2D eigenvalue weighted by atomic mass is 9.95. The Kier molecular flexibility index (Phi) is 12.1. The Morgan fingerprint density at radius 2 is 1.76 bits per heavy atom. The molecule has 0 unspecified atom stereocenters. The molecular formula is C35H31FI2N2O8S. The molecule has 49 heavy (non-hydrogen) atoms. The molecule has 0 saturated heterocycles. The van der Waals surface area contributed by atoms with E-state index in [1.165, 1.54) is 35.1 Å². The van der Waals surface area contributed by atoms with Crippen molar-refractivity contribution in [3.63, 3.8) is 0 Å². The maximum Gasteiger partial charge on any atom is 0.343 e. The fourth-order valence-corrected chi connectivity index (χ4v) is 8.29. The van der Waals surface area contributed by atoms with E-state index < -0.39 is 18.0 Å². The maximum atomic E-state index is 14.2. The minimum absolute atomic E-state index is 0.135. The molecule has 0 amide bonds. The summed E-state index contributed by atoms with van der Waals surface area (Å²) in [5, 5.41) is 0. The molecule has 1 atom stereocenters. The van der Waals surface area contributed by atoms with Crippen molar-refractivity contribution in [2.75, 3.05) is 26.9 Å². The SMILES string of the molecule is CCOC(=O)C1=C(C)N=c2s/c(=C\c3cc(I)c(OCc4cccc(F)c4)c(I)c3)c(=O)n2[C@H]1c1ccc(OCC(=O)OC)c(OCC)c1. The number of esters is 2. The van der Waals surface area contributed by atoms with Crippen LogP contribution in [0.3, 0.4) is 0 Å². The van der Waals surface area contributed by atoms with Gasteiger partial charge in [0.1, 0.15) is 18.2 Å². The van der Waals surface area contributed by atoms with Crippen LogP contribution in [0.4, 0.5) is 4.39 Å². The molecule has 1 aliphatic rings. The fourth-order valence-electron chi connectivity index (χ4n) is 5.12. The summed E-state index contributed by atoms with van der Waals surface area (Å²) in [7, 11) is 1.27. The van der Waals surface area contributed by atoms with Gasteiger partial charge in [-0.05, 0) is 125 Å². The third kappa shape index (κ3) is 8.34. The van der Waals surface area contributed by atoms with E-state index in [1.54, 1.807) is 57.2 Å². The van der Waals surface area contributed by atoms with Gasteiger partial charge in [-0.15, -0.1) is 0 Å². The molecule has 0 aliphatic carbocycles. The number of ether oxygens (including phenoxy) is 5. The van der Waals surface area contributed by atoms with Gasteiger partial charge in [0, 0.05) is 0 Å². The number of fused-ring (bicyclic) bond motifs is 1. The Labute approximate surface area is 312 Å². The number of hydrogen-bond donors (Lipinski definition) is 0. The summed E-state index contributed by atoms with van der Waals surface area (Å²) in [6.45, 7) is 5.53. The van der Waals surface area contributed by atoms with Crippen LogP contribution < -0.4 is 29.1 Å². The number of nitrogens with zero attached hydrogens (tertiary/aromatic N) is 2. The summed E-state index contributed by atoms with van der Waals surface area (Å²) in [5.41, 5.74) is 2.33. The van der Waals surface area contributed by atoms with Crippen LogP contribution in [0.5, 0.6) is 17.2 Å². The number of benzene rings is 3. The molecule has 2 heterocycles. The summed E-state index contributed by atoms with van der Waals surface area (Å²) < 4.78 is 44.8. The van der Waals surface area contributed by atoms with Crippen molar-refractivity contribution < 1.29 is 37.7 Å². The summed E-state index contributed by atoms with van der Waals surface area (Å²) in [6, 6.07) is 14.2. The van der Waals surface area contributed by atoms with E-state index in [9.17, 15) is 18.8 Å². The first-order chi connectivity index (χ1) is 23.5. The second-order valence-corrected chi connectivity index (χ2v) is 13.9. The monoisotopic (exact) mass is 912 g/mol. The molecular weight excluding hydrogens is 881 g/mol. The van der Waals surface area contributed by atoms with Gasteiger partial charge in [-0.1, -0.05) is 29.5 Å².